The zero-order chi connectivity index (χ0) is 18.7. The van der Waals surface area contributed by atoms with Crippen LogP contribution >= 0.6 is 0 Å². The van der Waals surface area contributed by atoms with Crippen molar-refractivity contribution in [1.82, 2.24) is 5.32 Å². The number of nitrogens with one attached hydrogen (secondary N) is 1. The molecule has 2 aromatic rings. The molecule has 0 fully saturated rings. The zero-order valence-electron chi connectivity index (χ0n) is 16.4. The second-order valence-corrected chi connectivity index (χ2v) is 8.59. The summed E-state index contributed by atoms with van der Waals surface area (Å²) in [5.74, 6) is 0.944. The maximum absolute atomic E-state index is 10.9. The molecule has 0 unspecified atom stereocenters. The molecule has 0 spiro atoms. The Morgan fingerprint density at radius 2 is 1.85 bits per heavy atom. The van der Waals surface area contributed by atoms with Crippen molar-refractivity contribution in [3.05, 3.63) is 64.7 Å². The molecule has 2 aromatic carbocycles. The van der Waals surface area contributed by atoms with Crippen molar-refractivity contribution in [2.24, 2.45) is 5.41 Å². The van der Waals surface area contributed by atoms with Gasteiger partial charge in [-0.1, -0.05) is 63.2 Å². The molecule has 0 aliphatic heterocycles. The molecule has 1 aliphatic rings. The van der Waals surface area contributed by atoms with Gasteiger partial charge < -0.3 is 15.2 Å². The van der Waals surface area contributed by atoms with Gasteiger partial charge in [-0.25, -0.2) is 0 Å². The summed E-state index contributed by atoms with van der Waals surface area (Å²) in [5.41, 5.74) is 4.68. The van der Waals surface area contributed by atoms with Gasteiger partial charge in [0.25, 0.3) is 0 Å². The third kappa shape index (κ3) is 4.46. The summed E-state index contributed by atoms with van der Waals surface area (Å²) >= 11 is 0. The molecule has 0 aromatic heterocycles. The molecule has 3 rings (SSSR count). The fourth-order valence-corrected chi connectivity index (χ4v) is 3.55. The number of hydrogen-bond donors (Lipinski definition) is 2. The van der Waals surface area contributed by atoms with Gasteiger partial charge in [0.1, 0.15) is 12.4 Å². The molecule has 140 valence electrons. The van der Waals surface area contributed by atoms with E-state index in [1.165, 1.54) is 5.56 Å². The molecule has 3 heteroatoms. The average Bonchev–Trinajstić information content (AvgIpc) is 2.60. The Balaban J connectivity index is 1.77. The van der Waals surface area contributed by atoms with Crippen molar-refractivity contribution in [3.63, 3.8) is 0 Å². The minimum atomic E-state index is -0.485. The van der Waals surface area contributed by atoms with Crippen LogP contribution in [0.2, 0.25) is 0 Å². The van der Waals surface area contributed by atoms with Gasteiger partial charge in [0, 0.05) is 18.2 Å². The van der Waals surface area contributed by atoms with Crippen molar-refractivity contribution in [3.8, 4) is 5.75 Å². The first-order valence-corrected chi connectivity index (χ1v) is 9.56. The van der Waals surface area contributed by atoms with Gasteiger partial charge in [-0.3, -0.25) is 0 Å². The Hall–Kier alpha value is -1.84. The highest BCUT2D eigenvalue weighted by Gasteiger charge is 2.31. The lowest BCUT2D eigenvalue weighted by Crippen LogP contribution is -2.42. The van der Waals surface area contributed by atoms with E-state index in [-0.39, 0.29) is 11.5 Å². The van der Waals surface area contributed by atoms with Gasteiger partial charge in [0.2, 0.25) is 0 Å². The third-order valence-electron chi connectivity index (χ3n) is 5.02. The summed E-state index contributed by atoms with van der Waals surface area (Å²) < 4.78 is 6.19. The first kappa shape index (κ1) is 18.9. The Kier molecular flexibility index (Phi) is 5.69. The number of hydrogen-bond acceptors (Lipinski definition) is 3. The predicted octanol–water partition coefficient (Wildman–Crippen LogP) is 4.56. The summed E-state index contributed by atoms with van der Waals surface area (Å²) in [5, 5.41) is 14.5. The van der Waals surface area contributed by atoms with E-state index in [4.69, 9.17) is 4.74 Å². The van der Waals surface area contributed by atoms with Crippen LogP contribution < -0.4 is 10.1 Å². The van der Waals surface area contributed by atoms with E-state index in [0.29, 0.717) is 6.61 Å². The Morgan fingerprint density at radius 3 is 2.54 bits per heavy atom. The lowest BCUT2D eigenvalue weighted by atomic mass is 9.83. The van der Waals surface area contributed by atoms with Gasteiger partial charge in [-0.05, 0) is 41.9 Å². The van der Waals surface area contributed by atoms with Gasteiger partial charge in [0.15, 0.2) is 0 Å². The second-order valence-electron chi connectivity index (χ2n) is 8.59. The quantitative estimate of drug-likeness (QED) is 0.828. The van der Waals surface area contributed by atoms with Crippen molar-refractivity contribution in [2.45, 2.75) is 59.3 Å². The fourth-order valence-electron chi connectivity index (χ4n) is 3.55. The number of rotatable bonds is 5. The number of ether oxygens (including phenoxy) is 1. The van der Waals surface area contributed by atoms with E-state index in [2.05, 4.69) is 57.3 Å². The second kappa shape index (κ2) is 7.81. The minimum Gasteiger partial charge on any atom is -0.488 e. The smallest absolute Gasteiger partial charge is 0.126 e. The van der Waals surface area contributed by atoms with Crippen LogP contribution in [0.15, 0.2) is 42.5 Å². The minimum absolute atomic E-state index is 0.103. The summed E-state index contributed by atoms with van der Waals surface area (Å²) in [6.45, 7) is 10.2. The standard InChI is InChI=1S/C23H31NO2/c1-16-10-11-18-19(22(16)26-14-17-8-6-5-7-9-17)12-13-20(21(18)25)24-15-23(2,3)4/h5-11,20-21,24-25H,12-15H2,1-4H3/t20-,21-/m1/s1. The Morgan fingerprint density at radius 1 is 1.12 bits per heavy atom. The van der Waals surface area contributed by atoms with Crippen molar-refractivity contribution < 1.29 is 9.84 Å². The number of benzene rings is 2. The first-order chi connectivity index (χ1) is 12.3. The molecule has 0 bridgehead atoms. The summed E-state index contributed by atoms with van der Waals surface area (Å²) in [7, 11) is 0. The van der Waals surface area contributed by atoms with Crippen LogP contribution in [0, 0.1) is 12.3 Å². The molecule has 3 nitrogen and oxygen atoms in total. The molecule has 1 aliphatic carbocycles. The van der Waals surface area contributed by atoms with Crippen LogP contribution in [0.5, 0.6) is 5.75 Å². The van der Waals surface area contributed by atoms with Crippen LogP contribution in [0.1, 0.15) is 55.5 Å². The van der Waals surface area contributed by atoms with E-state index < -0.39 is 6.10 Å². The highest BCUT2D eigenvalue weighted by molar-refractivity contribution is 5.48. The van der Waals surface area contributed by atoms with Gasteiger partial charge >= 0.3 is 0 Å². The Bertz CT molecular complexity index is 734. The normalized spacial score (nSPS) is 19.9. The van der Waals surface area contributed by atoms with Crippen LogP contribution in [0.3, 0.4) is 0 Å². The number of aliphatic hydroxyl groups excluding tert-OH is 1. The maximum Gasteiger partial charge on any atom is 0.126 e. The molecule has 0 amide bonds. The summed E-state index contributed by atoms with van der Waals surface area (Å²) in [4.78, 5) is 0. The van der Waals surface area contributed by atoms with Crippen molar-refractivity contribution in [1.29, 1.82) is 0 Å². The topological polar surface area (TPSA) is 41.5 Å². The third-order valence-corrected chi connectivity index (χ3v) is 5.02. The molecule has 0 saturated carbocycles. The van der Waals surface area contributed by atoms with E-state index in [1.807, 2.05) is 18.2 Å². The van der Waals surface area contributed by atoms with Gasteiger partial charge in [0.05, 0.1) is 6.10 Å². The summed E-state index contributed by atoms with van der Waals surface area (Å²) in [6, 6.07) is 14.5. The van der Waals surface area contributed by atoms with Gasteiger partial charge in [-0.15, -0.1) is 0 Å². The molecular weight excluding hydrogens is 322 g/mol. The monoisotopic (exact) mass is 353 g/mol. The number of aliphatic hydroxyl groups is 1. The maximum atomic E-state index is 10.9. The molecular formula is C23H31NO2. The average molecular weight is 354 g/mol. The Labute approximate surface area is 157 Å². The van der Waals surface area contributed by atoms with E-state index >= 15 is 0 Å². The fraction of sp³-hybridized carbons (Fsp3) is 0.478. The highest BCUT2D eigenvalue weighted by atomic mass is 16.5. The first-order valence-electron chi connectivity index (χ1n) is 9.56. The van der Waals surface area contributed by atoms with Crippen molar-refractivity contribution >= 4 is 0 Å². The number of aryl methyl sites for hydroxylation is 1. The van der Waals surface area contributed by atoms with E-state index in [9.17, 15) is 5.11 Å². The van der Waals surface area contributed by atoms with Crippen LogP contribution in [-0.2, 0) is 13.0 Å². The van der Waals surface area contributed by atoms with Crippen LogP contribution in [-0.4, -0.2) is 17.7 Å². The summed E-state index contributed by atoms with van der Waals surface area (Å²) in [6.07, 6.45) is 1.37. The lowest BCUT2D eigenvalue weighted by Gasteiger charge is -2.34. The van der Waals surface area contributed by atoms with Crippen molar-refractivity contribution in [2.75, 3.05) is 6.54 Å². The molecule has 26 heavy (non-hydrogen) atoms. The predicted molar refractivity (Wildman–Crippen MR) is 106 cm³/mol. The molecule has 2 atom stereocenters. The molecule has 0 saturated heterocycles. The number of fused-ring (bicyclic) bond motifs is 1. The molecule has 0 radical (unpaired) electrons. The molecule has 0 heterocycles. The lowest BCUT2D eigenvalue weighted by molar-refractivity contribution is 0.108. The SMILES string of the molecule is Cc1ccc2c(c1OCc1ccccc1)CC[C@@H](NCC(C)(C)C)[C@@H]2O. The van der Waals surface area contributed by atoms with E-state index in [0.717, 1.165) is 41.8 Å². The van der Waals surface area contributed by atoms with Gasteiger partial charge in [-0.2, -0.15) is 0 Å². The zero-order valence-corrected chi connectivity index (χ0v) is 16.4. The highest BCUT2D eigenvalue weighted by Crippen LogP contribution is 2.38. The molecule has 2 N–H and O–H groups in total. The van der Waals surface area contributed by atoms with Crippen LogP contribution in [0.4, 0.5) is 0 Å². The van der Waals surface area contributed by atoms with E-state index in [1.54, 1.807) is 0 Å². The van der Waals surface area contributed by atoms with Crippen LogP contribution in [0.25, 0.3) is 0 Å². The largest absolute Gasteiger partial charge is 0.488 e.